The Morgan fingerprint density at radius 1 is 1.43 bits per heavy atom. The molecule has 0 fully saturated rings. The van der Waals surface area contributed by atoms with Crippen molar-refractivity contribution in [2.24, 2.45) is 4.99 Å². The average Bonchev–Trinajstić information content (AvgIpc) is 2.43. The summed E-state index contributed by atoms with van der Waals surface area (Å²) in [6, 6.07) is 0. The molecule has 21 heavy (non-hydrogen) atoms. The number of aliphatic imine (C=N–C) groups is 1. The van der Waals surface area contributed by atoms with Crippen LogP contribution in [0, 0.1) is 0 Å². The van der Waals surface area contributed by atoms with E-state index in [1.807, 2.05) is 24.3 Å². The van der Waals surface area contributed by atoms with Crippen LogP contribution in [0.15, 0.2) is 52.8 Å². The smallest absolute Gasteiger partial charge is 0.263 e. The third-order valence-corrected chi connectivity index (χ3v) is 3.09. The molecule has 0 aromatic heterocycles. The van der Waals surface area contributed by atoms with Crippen LogP contribution in [0.1, 0.15) is 19.3 Å². The molecule has 0 heterocycles. The average molecular weight is 295 g/mol. The fourth-order valence-electron chi connectivity index (χ4n) is 1.97. The van der Waals surface area contributed by atoms with Crippen molar-refractivity contribution in [3.05, 3.63) is 47.9 Å². The van der Waals surface area contributed by atoms with Gasteiger partial charge in [0.25, 0.3) is 6.43 Å². The molecule has 116 valence electrons. The maximum atomic E-state index is 12.7. The maximum Gasteiger partial charge on any atom is 0.263 e. The lowest BCUT2D eigenvalue weighted by Crippen LogP contribution is -2.18. The number of hydrogen-bond acceptors (Lipinski definition) is 2. The van der Waals surface area contributed by atoms with Gasteiger partial charge in [-0.3, -0.25) is 4.99 Å². The first kappa shape index (κ1) is 17.1. The summed E-state index contributed by atoms with van der Waals surface area (Å²) in [7, 11) is 3.55. The molecule has 0 bridgehead atoms. The van der Waals surface area contributed by atoms with E-state index >= 15 is 0 Å². The first-order chi connectivity index (χ1) is 10.2. The van der Waals surface area contributed by atoms with Crippen molar-refractivity contribution in [3.8, 4) is 0 Å². The molecule has 0 saturated heterocycles. The summed E-state index contributed by atoms with van der Waals surface area (Å²) in [5.41, 5.74) is 1.28. The molecule has 0 atom stereocenters. The molecule has 0 saturated carbocycles. The van der Waals surface area contributed by atoms with Crippen molar-refractivity contribution < 1.29 is 8.78 Å². The van der Waals surface area contributed by atoms with Gasteiger partial charge in [0.05, 0.1) is 6.34 Å². The largest absolute Gasteiger partial charge is 0.393 e. The molecule has 0 radical (unpaired) electrons. The zero-order chi connectivity index (χ0) is 15.5. The standard InChI is InChI=1S/C16H23F2N3/c1-19-10-12-21(13-20-2)11-9-14-5-3-4-6-15(8-7-14)16(17)18/h4-6,8,10,12-13,16,19H,3,7,9,11H2,1-2H3/b6-4-,12-10+,14-5+,15-8?,20-13-. The summed E-state index contributed by atoms with van der Waals surface area (Å²) in [5, 5.41) is 2.93. The third kappa shape index (κ3) is 6.88. The normalized spacial score (nSPS) is 20.0. The minimum atomic E-state index is -2.40. The molecule has 1 aliphatic carbocycles. The monoisotopic (exact) mass is 295 g/mol. The van der Waals surface area contributed by atoms with Crippen molar-refractivity contribution in [2.75, 3.05) is 20.6 Å². The van der Waals surface area contributed by atoms with E-state index in [1.54, 1.807) is 25.5 Å². The van der Waals surface area contributed by atoms with Crippen molar-refractivity contribution in [3.63, 3.8) is 0 Å². The molecule has 1 aliphatic rings. The van der Waals surface area contributed by atoms with Gasteiger partial charge in [0.1, 0.15) is 0 Å². The fourth-order valence-corrected chi connectivity index (χ4v) is 1.97. The summed E-state index contributed by atoms with van der Waals surface area (Å²) >= 11 is 0. The Hall–Kier alpha value is -1.91. The van der Waals surface area contributed by atoms with Crippen LogP contribution in [0.4, 0.5) is 8.78 Å². The molecule has 0 aromatic rings. The lowest BCUT2D eigenvalue weighted by molar-refractivity contribution is 0.193. The second-order valence-corrected chi connectivity index (χ2v) is 4.68. The Labute approximate surface area is 125 Å². The van der Waals surface area contributed by atoms with E-state index in [-0.39, 0.29) is 5.57 Å². The highest BCUT2D eigenvalue weighted by Gasteiger charge is 2.09. The molecule has 0 amide bonds. The second-order valence-electron chi connectivity index (χ2n) is 4.68. The Morgan fingerprint density at radius 2 is 2.24 bits per heavy atom. The molecule has 0 spiro atoms. The molecule has 0 unspecified atom stereocenters. The Bertz CT molecular complexity index is 448. The minimum absolute atomic E-state index is 0.114. The van der Waals surface area contributed by atoms with Crippen LogP contribution in [0.25, 0.3) is 0 Å². The van der Waals surface area contributed by atoms with Gasteiger partial charge >= 0.3 is 0 Å². The Kier molecular flexibility index (Phi) is 8.09. The molecular weight excluding hydrogens is 272 g/mol. The second kappa shape index (κ2) is 9.91. The number of alkyl halides is 2. The van der Waals surface area contributed by atoms with Crippen molar-refractivity contribution in [1.82, 2.24) is 10.2 Å². The molecular formula is C16H23F2N3. The Balaban J connectivity index is 2.61. The third-order valence-electron chi connectivity index (χ3n) is 3.09. The topological polar surface area (TPSA) is 27.6 Å². The van der Waals surface area contributed by atoms with Crippen LogP contribution in [0.2, 0.25) is 0 Å². The zero-order valence-corrected chi connectivity index (χ0v) is 12.6. The highest BCUT2D eigenvalue weighted by Crippen LogP contribution is 2.19. The van der Waals surface area contributed by atoms with Crippen LogP contribution in [-0.4, -0.2) is 38.3 Å². The van der Waals surface area contributed by atoms with Gasteiger partial charge < -0.3 is 10.2 Å². The van der Waals surface area contributed by atoms with E-state index in [0.717, 1.165) is 13.0 Å². The molecule has 3 nitrogen and oxygen atoms in total. The van der Waals surface area contributed by atoms with E-state index in [9.17, 15) is 8.78 Å². The summed E-state index contributed by atoms with van der Waals surface area (Å²) < 4.78 is 25.5. The summed E-state index contributed by atoms with van der Waals surface area (Å²) in [4.78, 5) is 5.96. The quantitative estimate of drug-likeness (QED) is 0.442. The van der Waals surface area contributed by atoms with Crippen LogP contribution in [-0.2, 0) is 0 Å². The summed E-state index contributed by atoms with van der Waals surface area (Å²) in [5.74, 6) is 0. The van der Waals surface area contributed by atoms with Crippen LogP contribution in [0.5, 0.6) is 0 Å². The molecule has 1 N–H and O–H groups in total. The highest BCUT2D eigenvalue weighted by molar-refractivity contribution is 5.56. The first-order valence-corrected chi connectivity index (χ1v) is 7.02. The van der Waals surface area contributed by atoms with Crippen molar-refractivity contribution >= 4 is 6.34 Å². The fraction of sp³-hybridized carbons (Fsp3) is 0.438. The first-order valence-electron chi connectivity index (χ1n) is 7.02. The van der Waals surface area contributed by atoms with Gasteiger partial charge in [0, 0.05) is 38.6 Å². The summed E-state index contributed by atoms with van der Waals surface area (Å²) in [6.07, 6.45) is 12.2. The molecule has 1 rings (SSSR count). The zero-order valence-electron chi connectivity index (χ0n) is 12.6. The van der Waals surface area contributed by atoms with Gasteiger partial charge in [-0.25, -0.2) is 8.78 Å². The van der Waals surface area contributed by atoms with E-state index in [0.29, 0.717) is 12.8 Å². The van der Waals surface area contributed by atoms with E-state index < -0.39 is 6.43 Å². The van der Waals surface area contributed by atoms with Crippen LogP contribution in [0.3, 0.4) is 0 Å². The van der Waals surface area contributed by atoms with Crippen molar-refractivity contribution in [2.45, 2.75) is 25.7 Å². The van der Waals surface area contributed by atoms with E-state index in [1.165, 1.54) is 11.6 Å². The molecule has 0 aliphatic heterocycles. The number of halogens is 2. The molecule has 0 aromatic carbocycles. The molecule has 5 heteroatoms. The maximum absolute atomic E-state index is 12.7. The van der Waals surface area contributed by atoms with Crippen LogP contribution >= 0.6 is 0 Å². The Morgan fingerprint density at radius 3 is 2.90 bits per heavy atom. The number of hydrogen-bond donors (Lipinski definition) is 1. The van der Waals surface area contributed by atoms with Gasteiger partial charge in [0.2, 0.25) is 0 Å². The number of nitrogens with zero attached hydrogens (tertiary/aromatic N) is 2. The van der Waals surface area contributed by atoms with E-state index in [4.69, 9.17) is 0 Å². The number of allylic oxidation sites excluding steroid dienone is 5. The lowest BCUT2D eigenvalue weighted by atomic mass is 10.0. The lowest BCUT2D eigenvalue weighted by Gasteiger charge is -2.16. The highest BCUT2D eigenvalue weighted by atomic mass is 19.3. The van der Waals surface area contributed by atoms with Gasteiger partial charge in [-0.1, -0.05) is 29.9 Å². The van der Waals surface area contributed by atoms with Gasteiger partial charge in [-0.15, -0.1) is 0 Å². The SMILES string of the molecule is C/N=C\N(/C=C/NC)CC/C1=C/C/C=C\C(C(F)F)=CC1. The number of rotatable bonds is 7. The van der Waals surface area contributed by atoms with Crippen LogP contribution < -0.4 is 5.32 Å². The number of nitrogens with one attached hydrogen (secondary N) is 1. The van der Waals surface area contributed by atoms with Gasteiger partial charge in [0.15, 0.2) is 0 Å². The van der Waals surface area contributed by atoms with E-state index in [2.05, 4.69) is 16.4 Å². The summed E-state index contributed by atoms with van der Waals surface area (Å²) in [6.45, 7) is 0.767. The predicted molar refractivity (Wildman–Crippen MR) is 84.5 cm³/mol. The minimum Gasteiger partial charge on any atom is -0.393 e. The van der Waals surface area contributed by atoms with Gasteiger partial charge in [-0.05, 0) is 19.3 Å². The predicted octanol–water partition coefficient (Wildman–Crippen LogP) is 3.50. The van der Waals surface area contributed by atoms with Crippen molar-refractivity contribution in [1.29, 1.82) is 0 Å². The van der Waals surface area contributed by atoms with Gasteiger partial charge in [-0.2, -0.15) is 0 Å².